The second kappa shape index (κ2) is 9.46. The molecule has 1 heterocycles. The van der Waals surface area contributed by atoms with Gasteiger partial charge in [-0.3, -0.25) is 4.79 Å². The lowest BCUT2D eigenvalue weighted by Crippen LogP contribution is -2.12. The highest BCUT2D eigenvalue weighted by molar-refractivity contribution is 7.98. The van der Waals surface area contributed by atoms with Crippen LogP contribution in [0.5, 0.6) is 0 Å². The molecule has 4 nitrogen and oxygen atoms in total. The third-order valence-corrected chi connectivity index (χ3v) is 5.40. The van der Waals surface area contributed by atoms with E-state index in [4.69, 9.17) is 9.40 Å². The first-order valence-electron chi connectivity index (χ1n) is 9.77. The van der Waals surface area contributed by atoms with E-state index in [9.17, 15) is 4.79 Å². The summed E-state index contributed by atoms with van der Waals surface area (Å²) in [5, 5.41) is 2.95. The van der Waals surface area contributed by atoms with Crippen molar-refractivity contribution in [2.24, 2.45) is 0 Å². The van der Waals surface area contributed by atoms with E-state index in [0.717, 1.165) is 33.2 Å². The van der Waals surface area contributed by atoms with Gasteiger partial charge in [-0.05, 0) is 24.5 Å². The zero-order chi connectivity index (χ0) is 20.8. The molecule has 1 amide bonds. The van der Waals surface area contributed by atoms with Gasteiger partial charge in [-0.2, -0.15) is 0 Å². The number of carbonyl (C=O) groups excluding carboxylic acids is 1. The summed E-state index contributed by atoms with van der Waals surface area (Å²) in [6.45, 7) is 0. The van der Waals surface area contributed by atoms with Crippen LogP contribution in [0.3, 0.4) is 0 Å². The summed E-state index contributed by atoms with van der Waals surface area (Å²) in [4.78, 5) is 18.3. The summed E-state index contributed by atoms with van der Waals surface area (Å²) < 4.78 is 6.10. The van der Waals surface area contributed by atoms with Gasteiger partial charge in [0.05, 0.1) is 0 Å². The normalized spacial score (nSPS) is 10.7. The number of thioether (sulfide) groups is 1. The summed E-state index contributed by atoms with van der Waals surface area (Å²) in [6.07, 6.45) is 2.74. The van der Waals surface area contributed by atoms with Crippen LogP contribution in [0.25, 0.3) is 22.6 Å². The van der Waals surface area contributed by atoms with Gasteiger partial charge in [-0.25, -0.2) is 4.98 Å². The number of rotatable bonds is 7. The van der Waals surface area contributed by atoms with E-state index >= 15 is 0 Å². The average molecular weight is 415 g/mol. The van der Waals surface area contributed by atoms with Crippen LogP contribution in [0.4, 0.5) is 5.69 Å². The third-order valence-electron chi connectivity index (χ3n) is 4.67. The predicted molar refractivity (Wildman–Crippen MR) is 123 cm³/mol. The van der Waals surface area contributed by atoms with E-state index < -0.39 is 0 Å². The Bertz CT molecular complexity index is 1070. The number of nitrogens with one attached hydrogen (secondary N) is 1. The number of amides is 1. The molecule has 0 unspecified atom stereocenters. The molecule has 30 heavy (non-hydrogen) atoms. The van der Waals surface area contributed by atoms with E-state index in [0.29, 0.717) is 18.7 Å². The number of benzene rings is 3. The van der Waals surface area contributed by atoms with Crippen molar-refractivity contribution >= 4 is 23.4 Å². The van der Waals surface area contributed by atoms with Gasteiger partial charge in [0, 0.05) is 34.6 Å². The second-order valence-electron chi connectivity index (χ2n) is 6.80. The first kappa shape index (κ1) is 20.0. The Morgan fingerprint density at radius 2 is 1.63 bits per heavy atom. The standard InChI is InChI=1S/C25H22N2O2S/c1-30-21-14-8-13-20(17-21)26-22(28)15-16-23-27-24(18-9-4-2-5-10-18)25(29-23)19-11-6-3-7-12-19/h2-14,17H,15-16H2,1H3,(H,26,28). The van der Waals surface area contributed by atoms with Gasteiger partial charge in [0.1, 0.15) is 5.69 Å². The van der Waals surface area contributed by atoms with E-state index in [-0.39, 0.29) is 5.91 Å². The largest absolute Gasteiger partial charge is 0.440 e. The molecule has 1 N–H and O–H groups in total. The molecule has 0 saturated carbocycles. The molecule has 3 aromatic carbocycles. The maximum absolute atomic E-state index is 12.4. The maximum Gasteiger partial charge on any atom is 0.224 e. The Kier molecular flexibility index (Phi) is 6.30. The van der Waals surface area contributed by atoms with E-state index in [1.807, 2.05) is 91.2 Å². The highest BCUT2D eigenvalue weighted by atomic mass is 32.2. The molecule has 0 atom stereocenters. The van der Waals surface area contributed by atoms with Gasteiger partial charge in [-0.15, -0.1) is 11.8 Å². The number of anilines is 1. The van der Waals surface area contributed by atoms with E-state index in [1.165, 1.54) is 0 Å². The fraction of sp³-hybridized carbons (Fsp3) is 0.120. The van der Waals surface area contributed by atoms with Crippen molar-refractivity contribution in [3.05, 3.63) is 90.8 Å². The quantitative estimate of drug-likeness (QED) is 0.361. The number of carbonyl (C=O) groups is 1. The summed E-state index contributed by atoms with van der Waals surface area (Å²) in [5.74, 6) is 1.22. The number of hydrogen-bond donors (Lipinski definition) is 1. The number of oxazole rings is 1. The number of aromatic nitrogens is 1. The predicted octanol–water partition coefficient (Wildman–Crippen LogP) is 6.30. The fourth-order valence-corrected chi connectivity index (χ4v) is 3.65. The van der Waals surface area contributed by atoms with Crippen LogP contribution in [-0.4, -0.2) is 17.1 Å². The average Bonchev–Trinajstić information content (AvgIpc) is 3.23. The Balaban J connectivity index is 1.52. The molecule has 0 aliphatic carbocycles. The van der Waals surface area contributed by atoms with Gasteiger partial charge in [0.25, 0.3) is 0 Å². The molecule has 0 fully saturated rings. The molecular weight excluding hydrogens is 392 g/mol. The molecule has 0 bridgehead atoms. The van der Waals surface area contributed by atoms with Crippen molar-refractivity contribution in [2.45, 2.75) is 17.7 Å². The third kappa shape index (κ3) is 4.81. The minimum Gasteiger partial charge on any atom is -0.440 e. The first-order chi connectivity index (χ1) is 14.7. The van der Waals surface area contributed by atoms with Crippen molar-refractivity contribution < 1.29 is 9.21 Å². The molecule has 4 aromatic rings. The van der Waals surface area contributed by atoms with Crippen LogP contribution in [0.2, 0.25) is 0 Å². The van der Waals surface area contributed by atoms with Gasteiger partial charge in [0.15, 0.2) is 11.7 Å². The lowest BCUT2D eigenvalue weighted by atomic mass is 10.1. The Hall–Kier alpha value is -3.31. The molecule has 0 spiro atoms. The monoisotopic (exact) mass is 414 g/mol. The Labute approximate surface area is 180 Å². The molecule has 4 rings (SSSR count). The van der Waals surface area contributed by atoms with E-state index in [1.54, 1.807) is 11.8 Å². The second-order valence-corrected chi connectivity index (χ2v) is 7.68. The molecule has 1 aromatic heterocycles. The summed E-state index contributed by atoms with van der Waals surface area (Å²) >= 11 is 1.64. The van der Waals surface area contributed by atoms with Crippen molar-refractivity contribution in [2.75, 3.05) is 11.6 Å². The number of nitrogens with zero attached hydrogens (tertiary/aromatic N) is 1. The van der Waals surface area contributed by atoms with Crippen molar-refractivity contribution in [1.29, 1.82) is 0 Å². The summed E-state index contributed by atoms with van der Waals surface area (Å²) in [6, 6.07) is 27.7. The number of aryl methyl sites for hydroxylation is 1. The van der Waals surface area contributed by atoms with Gasteiger partial charge in [-0.1, -0.05) is 66.7 Å². The summed E-state index contributed by atoms with van der Waals surface area (Å²) in [7, 11) is 0. The Morgan fingerprint density at radius 3 is 2.33 bits per heavy atom. The van der Waals surface area contributed by atoms with Gasteiger partial charge < -0.3 is 9.73 Å². The van der Waals surface area contributed by atoms with Crippen molar-refractivity contribution in [3.63, 3.8) is 0 Å². The van der Waals surface area contributed by atoms with Crippen LogP contribution in [0.15, 0.2) is 94.2 Å². The van der Waals surface area contributed by atoms with Crippen molar-refractivity contribution in [3.8, 4) is 22.6 Å². The molecule has 0 radical (unpaired) electrons. The van der Waals surface area contributed by atoms with Gasteiger partial charge in [0.2, 0.25) is 5.91 Å². The van der Waals surface area contributed by atoms with Crippen LogP contribution < -0.4 is 5.32 Å². The topological polar surface area (TPSA) is 55.1 Å². The van der Waals surface area contributed by atoms with Crippen molar-refractivity contribution in [1.82, 2.24) is 4.98 Å². The molecule has 0 aliphatic heterocycles. The SMILES string of the molecule is CSc1cccc(NC(=O)CCc2nc(-c3ccccc3)c(-c3ccccc3)o2)c1. The van der Waals surface area contributed by atoms with Crippen LogP contribution in [0.1, 0.15) is 12.3 Å². The van der Waals surface area contributed by atoms with Crippen LogP contribution in [0, 0.1) is 0 Å². The minimum absolute atomic E-state index is 0.0611. The lowest BCUT2D eigenvalue weighted by molar-refractivity contribution is -0.116. The molecule has 0 saturated heterocycles. The molecule has 150 valence electrons. The van der Waals surface area contributed by atoms with Gasteiger partial charge >= 0.3 is 0 Å². The smallest absolute Gasteiger partial charge is 0.224 e. The zero-order valence-corrected chi connectivity index (χ0v) is 17.5. The highest BCUT2D eigenvalue weighted by Crippen LogP contribution is 2.32. The Morgan fingerprint density at radius 1 is 0.933 bits per heavy atom. The van der Waals surface area contributed by atoms with E-state index in [2.05, 4.69) is 5.32 Å². The molecule has 0 aliphatic rings. The summed E-state index contributed by atoms with van der Waals surface area (Å²) in [5.41, 5.74) is 3.55. The zero-order valence-electron chi connectivity index (χ0n) is 16.7. The van der Waals surface area contributed by atoms with Crippen LogP contribution in [-0.2, 0) is 11.2 Å². The molecular formula is C25H22N2O2S. The fourth-order valence-electron chi connectivity index (χ4n) is 3.19. The lowest BCUT2D eigenvalue weighted by Gasteiger charge is -2.05. The molecule has 5 heteroatoms. The highest BCUT2D eigenvalue weighted by Gasteiger charge is 2.17. The van der Waals surface area contributed by atoms with Crippen LogP contribution >= 0.6 is 11.8 Å². The first-order valence-corrected chi connectivity index (χ1v) is 11.0. The minimum atomic E-state index is -0.0611. The number of hydrogen-bond acceptors (Lipinski definition) is 4. The maximum atomic E-state index is 12.4.